The van der Waals surface area contributed by atoms with Crippen LogP contribution in [0.3, 0.4) is 0 Å². The molecule has 6 heteroatoms. The standard InChI is InChI=1S/C12H24N2O3S/c1-10-11(4-8-17-10)18(16)9-5-12(15)14(2)7-3-6-13/h10-11H,3-9,13H2,1-2H3. The third kappa shape index (κ3) is 4.66. The summed E-state index contributed by atoms with van der Waals surface area (Å²) in [5.41, 5.74) is 5.40. The summed E-state index contributed by atoms with van der Waals surface area (Å²) in [6.07, 6.45) is 2.04. The fraction of sp³-hybridized carbons (Fsp3) is 0.917. The molecule has 1 saturated heterocycles. The smallest absolute Gasteiger partial charge is 0.223 e. The van der Waals surface area contributed by atoms with E-state index in [4.69, 9.17) is 10.5 Å². The molecule has 0 radical (unpaired) electrons. The molecule has 0 aromatic heterocycles. The van der Waals surface area contributed by atoms with Gasteiger partial charge in [0.1, 0.15) is 0 Å². The van der Waals surface area contributed by atoms with Crippen LogP contribution in [0.15, 0.2) is 0 Å². The van der Waals surface area contributed by atoms with Gasteiger partial charge in [-0.25, -0.2) is 0 Å². The monoisotopic (exact) mass is 276 g/mol. The lowest BCUT2D eigenvalue weighted by Crippen LogP contribution is -2.31. The van der Waals surface area contributed by atoms with Crippen molar-refractivity contribution >= 4 is 16.7 Å². The van der Waals surface area contributed by atoms with Crippen LogP contribution in [0.4, 0.5) is 0 Å². The topological polar surface area (TPSA) is 72.6 Å². The van der Waals surface area contributed by atoms with Gasteiger partial charge >= 0.3 is 0 Å². The van der Waals surface area contributed by atoms with Crippen molar-refractivity contribution in [3.63, 3.8) is 0 Å². The van der Waals surface area contributed by atoms with Crippen molar-refractivity contribution in [3.05, 3.63) is 0 Å². The minimum Gasteiger partial charge on any atom is -0.377 e. The van der Waals surface area contributed by atoms with Gasteiger partial charge in [-0.2, -0.15) is 0 Å². The maximum atomic E-state index is 12.0. The van der Waals surface area contributed by atoms with E-state index in [-0.39, 0.29) is 17.3 Å². The van der Waals surface area contributed by atoms with Gasteiger partial charge in [0.2, 0.25) is 5.91 Å². The van der Waals surface area contributed by atoms with Crippen molar-refractivity contribution < 1.29 is 13.7 Å². The van der Waals surface area contributed by atoms with Gasteiger partial charge in [-0.3, -0.25) is 9.00 Å². The van der Waals surface area contributed by atoms with Crippen molar-refractivity contribution in [2.24, 2.45) is 5.73 Å². The first-order chi connectivity index (χ1) is 8.56. The summed E-state index contributed by atoms with van der Waals surface area (Å²) >= 11 is 0. The predicted molar refractivity (Wildman–Crippen MR) is 72.8 cm³/mol. The van der Waals surface area contributed by atoms with E-state index in [1.807, 2.05) is 6.92 Å². The van der Waals surface area contributed by atoms with Gasteiger partial charge in [-0.15, -0.1) is 0 Å². The predicted octanol–water partition coefficient (Wildman–Crippen LogP) is 0.110. The van der Waals surface area contributed by atoms with Gasteiger partial charge in [0, 0.05) is 43.2 Å². The minimum absolute atomic E-state index is 0.0448. The molecule has 1 rings (SSSR count). The molecule has 1 amide bonds. The fourth-order valence-electron chi connectivity index (χ4n) is 2.04. The largest absolute Gasteiger partial charge is 0.377 e. The molecular weight excluding hydrogens is 252 g/mol. The Hall–Kier alpha value is -0.460. The van der Waals surface area contributed by atoms with Crippen LogP contribution in [-0.2, 0) is 20.3 Å². The summed E-state index contributed by atoms with van der Waals surface area (Å²) in [6.45, 7) is 3.89. The zero-order valence-corrected chi connectivity index (χ0v) is 12.1. The van der Waals surface area contributed by atoms with Crippen molar-refractivity contribution in [2.75, 3.05) is 32.5 Å². The molecule has 1 aliphatic heterocycles. The van der Waals surface area contributed by atoms with E-state index in [9.17, 15) is 9.00 Å². The average molecular weight is 276 g/mol. The van der Waals surface area contributed by atoms with Crippen LogP contribution in [0.1, 0.15) is 26.2 Å². The normalized spacial score (nSPS) is 25.1. The molecule has 5 nitrogen and oxygen atoms in total. The molecule has 3 unspecified atom stereocenters. The molecule has 0 aromatic rings. The van der Waals surface area contributed by atoms with Crippen LogP contribution in [0.2, 0.25) is 0 Å². The van der Waals surface area contributed by atoms with Gasteiger partial charge < -0.3 is 15.4 Å². The van der Waals surface area contributed by atoms with Crippen molar-refractivity contribution in [1.82, 2.24) is 4.90 Å². The number of nitrogens with zero attached hydrogens (tertiary/aromatic N) is 1. The van der Waals surface area contributed by atoms with Gasteiger partial charge in [-0.1, -0.05) is 0 Å². The summed E-state index contributed by atoms with van der Waals surface area (Å²) in [4.78, 5) is 13.4. The molecule has 0 bridgehead atoms. The van der Waals surface area contributed by atoms with Gasteiger partial charge in [0.05, 0.1) is 11.4 Å². The molecule has 0 saturated carbocycles. The molecule has 0 spiro atoms. The minimum atomic E-state index is -0.965. The second-order valence-corrected chi connectivity index (χ2v) is 6.47. The van der Waals surface area contributed by atoms with E-state index in [0.29, 0.717) is 31.9 Å². The number of hydrogen-bond acceptors (Lipinski definition) is 4. The molecule has 1 aliphatic rings. The lowest BCUT2D eigenvalue weighted by atomic mass is 10.3. The van der Waals surface area contributed by atoms with E-state index in [0.717, 1.165) is 12.8 Å². The van der Waals surface area contributed by atoms with Crippen LogP contribution in [0.25, 0.3) is 0 Å². The fourth-order valence-corrected chi connectivity index (χ4v) is 3.58. The molecule has 0 aromatic carbocycles. The molecular formula is C12H24N2O3S. The second kappa shape index (κ2) is 7.86. The van der Waals surface area contributed by atoms with Crippen LogP contribution in [0.5, 0.6) is 0 Å². The Kier molecular flexibility index (Phi) is 6.81. The van der Waals surface area contributed by atoms with E-state index >= 15 is 0 Å². The quantitative estimate of drug-likeness (QED) is 0.716. The number of carbonyl (C=O) groups is 1. The lowest BCUT2D eigenvalue weighted by molar-refractivity contribution is -0.129. The maximum absolute atomic E-state index is 12.0. The lowest BCUT2D eigenvalue weighted by Gasteiger charge is -2.18. The molecule has 2 N–H and O–H groups in total. The Morgan fingerprint density at radius 3 is 2.83 bits per heavy atom. The summed E-state index contributed by atoms with van der Waals surface area (Å²) in [5.74, 6) is 0.479. The van der Waals surface area contributed by atoms with Crippen LogP contribution in [-0.4, -0.2) is 58.9 Å². The van der Waals surface area contributed by atoms with Gasteiger partial charge in [0.25, 0.3) is 0 Å². The summed E-state index contributed by atoms with van der Waals surface area (Å²) in [7, 11) is 0.801. The van der Waals surface area contributed by atoms with Crippen molar-refractivity contribution in [2.45, 2.75) is 37.5 Å². The van der Waals surface area contributed by atoms with E-state index < -0.39 is 10.8 Å². The number of amides is 1. The van der Waals surface area contributed by atoms with E-state index in [1.54, 1.807) is 11.9 Å². The highest BCUT2D eigenvalue weighted by molar-refractivity contribution is 7.85. The zero-order chi connectivity index (χ0) is 13.5. The van der Waals surface area contributed by atoms with E-state index in [1.165, 1.54) is 0 Å². The zero-order valence-electron chi connectivity index (χ0n) is 11.3. The Morgan fingerprint density at radius 2 is 2.28 bits per heavy atom. The van der Waals surface area contributed by atoms with Crippen LogP contribution in [0, 0.1) is 0 Å². The first-order valence-corrected chi connectivity index (χ1v) is 7.87. The summed E-state index contributed by atoms with van der Waals surface area (Å²) in [5, 5.41) is 0.0900. The highest BCUT2D eigenvalue weighted by Gasteiger charge is 2.29. The van der Waals surface area contributed by atoms with Gasteiger partial charge in [0.15, 0.2) is 0 Å². The van der Waals surface area contributed by atoms with Crippen molar-refractivity contribution in [3.8, 4) is 0 Å². The average Bonchev–Trinajstić information content (AvgIpc) is 2.78. The number of hydrogen-bond donors (Lipinski definition) is 1. The van der Waals surface area contributed by atoms with Gasteiger partial charge in [-0.05, 0) is 26.3 Å². The number of carbonyl (C=O) groups excluding carboxylic acids is 1. The molecule has 18 heavy (non-hydrogen) atoms. The highest BCUT2D eigenvalue weighted by atomic mass is 32.2. The highest BCUT2D eigenvalue weighted by Crippen LogP contribution is 2.19. The number of nitrogens with two attached hydrogens (primary N) is 1. The maximum Gasteiger partial charge on any atom is 0.223 e. The van der Waals surface area contributed by atoms with Crippen molar-refractivity contribution in [1.29, 1.82) is 0 Å². The Bertz CT molecular complexity index is 299. The third-order valence-corrected chi connectivity index (χ3v) is 5.19. The molecule has 3 atom stereocenters. The number of ether oxygens (including phenoxy) is 1. The first kappa shape index (κ1) is 15.6. The second-order valence-electron chi connectivity index (χ2n) is 4.70. The summed E-state index contributed by atoms with van der Waals surface area (Å²) in [6, 6.07) is 0. The molecule has 1 fully saturated rings. The Labute approximate surface area is 111 Å². The first-order valence-electron chi connectivity index (χ1n) is 6.49. The Balaban J connectivity index is 2.27. The van der Waals surface area contributed by atoms with E-state index in [2.05, 4.69) is 0 Å². The van der Waals surface area contributed by atoms with Crippen LogP contribution < -0.4 is 5.73 Å². The summed E-state index contributed by atoms with van der Waals surface area (Å²) < 4.78 is 17.4. The molecule has 1 heterocycles. The molecule has 0 aliphatic carbocycles. The third-order valence-electron chi connectivity index (χ3n) is 3.28. The Morgan fingerprint density at radius 1 is 1.56 bits per heavy atom. The number of rotatable bonds is 7. The van der Waals surface area contributed by atoms with Crippen LogP contribution >= 0.6 is 0 Å². The SMILES string of the molecule is CC1OCCC1S(=O)CCC(=O)N(C)CCCN. The molecule has 106 valence electrons.